The molecule has 0 radical (unpaired) electrons. The summed E-state index contributed by atoms with van der Waals surface area (Å²) in [6.45, 7) is 3.71. The fourth-order valence-corrected chi connectivity index (χ4v) is 3.81. The molecule has 1 N–H and O–H groups in total. The predicted octanol–water partition coefficient (Wildman–Crippen LogP) is 1.94. The zero-order valence-corrected chi connectivity index (χ0v) is 12.5. The number of carbonyl (C=O) groups is 1. The van der Waals surface area contributed by atoms with Crippen LogP contribution in [0.3, 0.4) is 0 Å². The van der Waals surface area contributed by atoms with Crippen molar-refractivity contribution in [2.24, 2.45) is 5.92 Å². The van der Waals surface area contributed by atoms with E-state index >= 15 is 0 Å². The highest BCUT2D eigenvalue weighted by Crippen LogP contribution is 2.26. The van der Waals surface area contributed by atoms with Gasteiger partial charge in [-0.1, -0.05) is 12.8 Å². The first-order valence-electron chi connectivity index (χ1n) is 8.46. The van der Waals surface area contributed by atoms with Crippen molar-refractivity contribution in [2.45, 2.75) is 63.5 Å². The molecule has 0 spiro atoms. The van der Waals surface area contributed by atoms with Crippen LogP contribution in [-0.2, 0) is 9.53 Å². The number of hydrogen-bond acceptors (Lipinski definition) is 3. The average molecular weight is 280 g/mol. The van der Waals surface area contributed by atoms with Crippen LogP contribution in [0.2, 0.25) is 0 Å². The largest absolute Gasteiger partial charge is 0.378 e. The minimum atomic E-state index is 0.0888. The SMILES string of the molecule is O=C(C1CCCN1)N1CCC(OCC2CCCC2)CC1. The fraction of sp³-hybridized carbons (Fsp3) is 0.938. The molecule has 3 rings (SSSR count). The highest BCUT2D eigenvalue weighted by molar-refractivity contribution is 5.82. The molecule has 0 aromatic rings. The number of amides is 1. The summed E-state index contributed by atoms with van der Waals surface area (Å²) in [7, 11) is 0. The Hall–Kier alpha value is -0.610. The molecule has 2 heterocycles. The zero-order valence-electron chi connectivity index (χ0n) is 12.5. The summed E-state index contributed by atoms with van der Waals surface area (Å²) in [5.74, 6) is 1.12. The maximum atomic E-state index is 12.3. The van der Waals surface area contributed by atoms with E-state index in [4.69, 9.17) is 4.74 Å². The van der Waals surface area contributed by atoms with E-state index in [0.717, 1.165) is 57.8 Å². The number of piperidine rings is 1. The molecule has 0 aromatic heterocycles. The Balaban J connectivity index is 1.36. The van der Waals surface area contributed by atoms with Gasteiger partial charge in [0, 0.05) is 19.7 Å². The van der Waals surface area contributed by atoms with Gasteiger partial charge in [-0.3, -0.25) is 4.79 Å². The molecule has 2 saturated heterocycles. The van der Waals surface area contributed by atoms with E-state index in [1.165, 1.54) is 25.7 Å². The van der Waals surface area contributed by atoms with Gasteiger partial charge >= 0.3 is 0 Å². The quantitative estimate of drug-likeness (QED) is 0.855. The Bertz CT molecular complexity index is 314. The van der Waals surface area contributed by atoms with Gasteiger partial charge in [0.25, 0.3) is 0 Å². The Labute approximate surface area is 122 Å². The van der Waals surface area contributed by atoms with Crippen LogP contribution in [0.4, 0.5) is 0 Å². The van der Waals surface area contributed by atoms with E-state index in [2.05, 4.69) is 5.32 Å². The van der Waals surface area contributed by atoms with Crippen LogP contribution in [0.1, 0.15) is 51.4 Å². The van der Waals surface area contributed by atoms with Gasteiger partial charge in [-0.25, -0.2) is 0 Å². The molecule has 4 heteroatoms. The Kier molecular flexibility index (Phi) is 4.94. The molecule has 3 aliphatic rings. The van der Waals surface area contributed by atoms with Crippen LogP contribution >= 0.6 is 0 Å². The summed E-state index contributed by atoms with van der Waals surface area (Å²) in [5, 5.41) is 3.30. The molecule has 2 aliphatic heterocycles. The third kappa shape index (κ3) is 3.53. The second kappa shape index (κ2) is 6.90. The summed E-state index contributed by atoms with van der Waals surface area (Å²) in [6, 6.07) is 0.0888. The molecule has 4 nitrogen and oxygen atoms in total. The average Bonchev–Trinajstić information content (AvgIpc) is 3.18. The third-order valence-electron chi connectivity index (χ3n) is 5.15. The number of nitrogens with zero attached hydrogens (tertiary/aromatic N) is 1. The van der Waals surface area contributed by atoms with Crippen molar-refractivity contribution in [3.05, 3.63) is 0 Å². The lowest BCUT2D eigenvalue weighted by molar-refractivity contribution is -0.135. The number of hydrogen-bond donors (Lipinski definition) is 1. The molecule has 0 aromatic carbocycles. The van der Waals surface area contributed by atoms with Crippen molar-refractivity contribution in [1.29, 1.82) is 0 Å². The molecular formula is C16H28N2O2. The van der Waals surface area contributed by atoms with E-state index in [9.17, 15) is 4.79 Å². The summed E-state index contributed by atoms with van der Waals surface area (Å²) >= 11 is 0. The maximum Gasteiger partial charge on any atom is 0.239 e. The second-order valence-electron chi connectivity index (χ2n) is 6.66. The first kappa shape index (κ1) is 14.3. The molecular weight excluding hydrogens is 252 g/mol. The molecule has 1 amide bonds. The Morgan fingerprint density at radius 2 is 1.80 bits per heavy atom. The smallest absolute Gasteiger partial charge is 0.239 e. The normalized spacial score (nSPS) is 29.2. The number of ether oxygens (including phenoxy) is 1. The van der Waals surface area contributed by atoms with Crippen molar-refractivity contribution in [3.63, 3.8) is 0 Å². The van der Waals surface area contributed by atoms with Crippen LogP contribution < -0.4 is 5.32 Å². The standard InChI is InChI=1S/C16H28N2O2/c19-16(15-6-3-9-17-15)18-10-7-14(8-11-18)20-12-13-4-1-2-5-13/h13-15,17H,1-12H2. The monoisotopic (exact) mass is 280 g/mol. The van der Waals surface area contributed by atoms with Crippen molar-refractivity contribution < 1.29 is 9.53 Å². The Morgan fingerprint density at radius 3 is 2.45 bits per heavy atom. The Morgan fingerprint density at radius 1 is 1.05 bits per heavy atom. The van der Waals surface area contributed by atoms with Gasteiger partial charge in [-0.2, -0.15) is 0 Å². The van der Waals surface area contributed by atoms with Crippen molar-refractivity contribution >= 4 is 5.91 Å². The zero-order chi connectivity index (χ0) is 13.8. The van der Waals surface area contributed by atoms with Gasteiger partial charge in [0.1, 0.15) is 0 Å². The first-order valence-corrected chi connectivity index (χ1v) is 8.46. The highest BCUT2D eigenvalue weighted by atomic mass is 16.5. The molecule has 114 valence electrons. The minimum absolute atomic E-state index is 0.0888. The van der Waals surface area contributed by atoms with E-state index < -0.39 is 0 Å². The van der Waals surface area contributed by atoms with Gasteiger partial charge in [0.2, 0.25) is 5.91 Å². The molecule has 1 unspecified atom stereocenters. The number of nitrogens with one attached hydrogen (secondary N) is 1. The predicted molar refractivity (Wildman–Crippen MR) is 78.5 cm³/mol. The van der Waals surface area contributed by atoms with Crippen LogP contribution in [0.15, 0.2) is 0 Å². The molecule has 0 bridgehead atoms. The number of carbonyl (C=O) groups excluding carboxylic acids is 1. The number of likely N-dealkylation sites (tertiary alicyclic amines) is 1. The molecule has 1 aliphatic carbocycles. The third-order valence-corrected chi connectivity index (χ3v) is 5.15. The summed E-state index contributed by atoms with van der Waals surface area (Å²) in [6.07, 6.45) is 10.0. The fourth-order valence-electron chi connectivity index (χ4n) is 3.81. The number of rotatable bonds is 4. The van der Waals surface area contributed by atoms with Crippen molar-refractivity contribution in [2.75, 3.05) is 26.2 Å². The van der Waals surface area contributed by atoms with E-state index in [0.29, 0.717) is 12.0 Å². The summed E-state index contributed by atoms with van der Waals surface area (Å²) in [4.78, 5) is 14.3. The van der Waals surface area contributed by atoms with Gasteiger partial charge in [0.05, 0.1) is 12.1 Å². The van der Waals surface area contributed by atoms with Gasteiger partial charge in [-0.15, -0.1) is 0 Å². The molecule has 1 saturated carbocycles. The molecule has 3 fully saturated rings. The van der Waals surface area contributed by atoms with E-state index in [1.807, 2.05) is 4.90 Å². The van der Waals surface area contributed by atoms with Crippen LogP contribution in [0, 0.1) is 5.92 Å². The lowest BCUT2D eigenvalue weighted by Gasteiger charge is -2.34. The maximum absolute atomic E-state index is 12.3. The van der Waals surface area contributed by atoms with Crippen molar-refractivity contribution in [1.82, 2.24) is 10.2 Å². The first-order chi connectivity index (χ1) is 9.83. The topological polar surface area (TPSA) is 41.6 Å². The lowest BCUT2D eigenvalue weighted by atomic mass is 10.1. The van der Waals surface area contributed by atoms with Crippen LogP contribution in [0.25, 0.3) is 0 Å². The molecule has 20 heavy (non-hydrogen) atoms. The molecule has 1 atom stereocenters. The van der Waals surface area contributed by atoms with Crippen LogP contribution in [-0.4, -0.2) is 49.2 Å². The van der Waals surface area contributed by atoms with Gasteiger partial charge in [0.15, 0.2) is 0 Å². The lowest BCUT2D eigenvalue weighted by Crippen LogP contribution is -2.48. The van der Waals surface area contributed by atoms with E-state index in [1.54, 1.807) is 0 Å². The van der Waals surface area contributed by atoms with E-state index in [-0.39, 0.29) is 6.04 Å². The van der Waals surface area contributed by atoms with Crippen LogP contribution in [0.5, 0.6) is 0 Å². The minimum Gasteiger partial charge on any atom is -0.378 e. The van der Waals surface area contributed by atoms with Gasteiger partial charge < -0.3 is 15.0 Å². The summed E-state index contributed by atoms with van der Waals surface area (Å²) < 4.78 is 6.07. The second-order valence-corrected chi connectivity index (χ2v) is 6.66. The summed E-state index contributed by atoms with van der Waals surface area (Å²) in [5.41, 5.74) is 0. The van der Waals surface area contributed by atoms with Gasteiger partial charge in [-0.05, 0) is 51.0 Å². The highest BCUT2D eigenvalue weighted by Gasteiger charge is 2.30. The van der Waals surface area contributed by atoms with Crippen molar-refractivity contribution in [3.8, 4) is 0 Å².